The Morgan fingerprint density at radius 2 is 1.76 bits per heavy atom. The molecule has 0 aromatic heterocycles. The molecular weight excluding hydrogens is 438 g/mol. The summed E-state index contributed by atoms with van der Waals surface area (Å²) < 4.78 is 27.6. The zero-order valence-corrected chi connectivity index (χ0v) is 19.8. The average Bonchev–Trinajstić information content (AvgIpc) is 3.63. The Hall–Kier alpha value is -3.26. The zero-order valence-electron chi connectivity index (χ0n) is 19.8. The van der Waals surface area contributed by atoms with Crippen molar-refractivity contribution in [2.75, 3.05) is 41.2 Å². The molecule has 2 aliphatic rings. The molecule has 1 unspecified atom stereocenters. The van der Waals surface area contributed by atoms with Crippen molar-refractivity contribution in [2.24, 2.45) is 5.92 Å². The van der Waals surface area contributed by atoms with Crippen molar-refractivity contribution in [1.82, 2.24) is 5.32 Å². The van der Waals surface area contributed by atoms with Crippen LogP contribution >= 0.6 is 0 Å². The van der Waals surface area contributed by atoms with E-state index in [9.17, 15) is 9.59 Å². The van der Waals surface area contributed by atoms with Crippen molar-refractivity contribution >= 4 is 11.9 Å². The van der Waals surface area contributed by atoms with E-state index in [1.165, 1.54) is 0 Å². The fourth-order valence-corrected chi connectivity index (χ4v) is 4.38. The van der Waals surface area contributed by atoms with Gasteiger partial charge in [0.2, 0.25) is 5.75 Å². The number of carbonyl (C=O) groups is 2. The lowest BCUT2D eigenvalue weighted by Gasteiger charge is -2.23. The summed E-state index contributed by atoms with van der Waals surface area (Å²) in [7, 11) is 4.70. The number of benzene rings is 2. The summed E-state index contributed by atoms with van der Waals surface area (Å²) in [5.41, 5.74) is 3.54. The largest absolute Gasteiger partial charge is 0.493 e. The summed E-state index contributed by atoms with van der Waals surface area (Å²) in [6.07, 6.45) is 2.74. The number of alkyl carbamates (subject to hydrolysis) is 1. The van der Waals surface area contributed by atoms with Crippen molar-refractivity contribution in [3.05, 3.63) is 41.5 Å². The number of ketones is 1. The van der Waals surface area contributed by atoms with Gasteiger partial charge in [0.25, 0.3) is 0 Å². The molecule has 182 valence electrons. The standard InChI is InChI=1S/C26H31NO7/c1-30-13-14-33-26(29)27-21(16-7-8-16)15-34-24-20(10-12-23(31-2)25(24)32-3)17-5-4-6-19-18(17)9-11-22(19)28/h4-6,10,12,16,21H,7-9,11,13-15H2,1-3H3,(H,27,29). The smallest absolute Gasteiger partial charge is 0.407 e. The van der Waals surface area contributed by atoms with Crippen LogP contribution in [0, 0.1) is 5.92 Å². The fourth-order valence-electron chi connectivity index (χ4n) is 4.38. The van der Waals surface area contributed by atoms with Crippen LogP contribution < -0.4 is 19.5 Å². The number of ether oxygens (including phenoxy) is 5. The molecule has 8 heteroatoms. The van der Waals surface area contributed by atoms with Gasteiger partial charge in [0.05, 0.1) is 26.9 Å². The van der Waals surface area contributed by atoms with Gasteiger partial charge in [0, 0.05) is 24.7 Å². The first-order chi connectivity index (χ1) is 16.6. The van der Waals surface area contributed by atoms with E-state index in [1.54, 1.807) is 21.3 Å². The van der Waals surface area contributed by atoms with Crippen LogP contribution in [0.4, 0.5) is 4.79 Å². The van der Waals surface area contributed by atoms with E-state index in [4.69, 9.17) is 23.7 Å². The summed E-state index contributed by atoms with van der Waals surface area (Å²) in [5.74, 6) is 2.02. The highest BCUT2D eigenvalue weighted by Gasteiger charge is 2.34. The molecule has 2 aromatic carbocycles. The van der Waals surface area contributed by atoms with Gasteiger partial charge in [-0.15, -0.1) is 0 Å². The SMILES string of the molecule is COCCOC(=O)NC(COc1c(-c2cccc3c2CCC3=O)ccc(OC)c1OC)C1CC1. The molecule has 1 fully saturated rings. The molecule has 0 heterocycles. The first kappa shape index (κ1) is 23.9. The maximum absolute atomic E-state index is 12.3. The minimum absolute atomic E-state index is 0.157. The fraction of sp³-hybridized carbons (Fsp3) is 0.462. The quantitative estimate of drug-likeness (QED) is 0.497. The number of hydrogen-bond donors (Lipinski definition) is 1. The Kier molecular flexibility index (Phi) is 7.57. The van der Waals surface area contributed by atoms with Crippen molar-refractivity contribution in [1.29, 1.82) is 0 Å². The second kappa shape index (κ2) is 10.8. The molecule has 0 aliphatic heterocycles. The van der Waals surface area contributed by atoms with Crippen LogP contribution in [0.3, 0.4) is 0 Å². The number of rotatable bonds is 11. The number of nitrogens with one attached hydrogen (secondary N) is 1. The molecule has 4 rings (SSSR count). The van der Waals surface area contributed by atoms with Gasteiger partial charge in [-0.05, 0) is 48.4 Å². The Morgan fingerprint density at radius 3 is 2.47 bits per heavy atom. The van der Waals surface area contributed by atoms with Crippen molar-refractivity contribution < 1.29 is 33.3 Å². The van der Waals surface area contributed by atoms with E-state index in [-0.39, 0.29) is 25.0 Å². The minimum atomic E-state index is -0.491. The summed E-state index contributed by atoms with van der Waals surface area (Å²) in [6, 6.07) is 9.31. The third-order valence-corrected chi connectivity index (χ3v) is 6.29. The van der Waals surface area contributed by atoms with Crippen molar-refractivity contribution in [2.45, 2.75) is 31.7 Å². The third-order valence-electron chi connectivity index (χ3n) is 6.29. The molecule has 0 saturated heterocycles. The highest BCUT2D eigenvalue weighted by molar-refractivity contribution is 6.02. The molecule has 1 atom stereocenters. The van der Waals surface area contributed by atoms with Gasteiger partial charge >= 0.3 is 6.09 Å². The van der Waals surface area contributed by atoms with Gasteiger partial charge in [-0.2, -0.15) is 0 Å². The summed E-state index contributed by atoms with van der Waals surface area (Å²) in [6.45, 7) is 0.771. The minimum Gasteiger partial charge on any atom is -0.493 e. The number of fused-ring (bicyclic) bond motifs is 1. The van der Waals surface area contributed by atoms with Gasteiger partial charge in [0.1, 0.15) is 13.2 Å². The van der Waals surface area contributed by atoms with E-state index in [2.05, 4.69) is 5.32 Å². The van der Waals surface area contributed by atoms with Gasteiger partial charge in [0.15, 0.2) is 17.3 Å². The molecular formula is C26H31NO7. The van der Waals surface area contributed by atoms with Gasteiger partial charge < -0.3 is 29.0 Å². The highest BCUT2D eigenvalue weighted by atomic mass is 16.6. The van der Waals surface area contributed by atoms with E-state index >= 15 is 0 Å². The van der Waals surface area contributed by atoms with Gasteiger partial charge in [-0.3, -0.25) is 4.79 Å². The lowest BCUT2D eigenvalue weighted by atomic mass is 9.95. The lowest BCUT2D eigenvalue weighted by molar-refractivity contribution is 0.0933. The predicted molar refractivity (Wildman–Crippen MR) is 126 cm³/mol. The maximum atomic E-state index is 12.3. The first-order valence-corrected chi connectivity index (χ1v) is 11.5. The van der Waals surface area contributed by atoms with E-state index < -0.39 is 6.09 Å². The van der Waals surface area contributed by atoms with Gasteiger partial charge in [-0.1, -0.05) is 18.2 Å². The van der Waals surface area contributed by atoms with Crippen LogP contribution in [0.2, 0.25) is 0 Å². The number of carbonyl (C=O) groups excluding carboxylic acids is 2. The van der Waals surface area contributed by atoms with Crippen LogP contribution in [0.25, 0.3) is 11.1 Å². The Balaban J connectivity index is 1.62. The molecule has 0 radical (unpaired) electrons. The molecule has 34 heavy (non-hydrogen) atoms. The van der Waals surface area contributed by atoms with Crippen LogP contribution in [-0.4, -0.2) is 59.1 Å². The zero-order chi connectivity index (χ0) is 24.1. The summed E-state index contributed by atoms with van der Waals surface area (Å²) >= 11 is 0. The molecule has 0 bridgehead atoms. The maximum Gasteiger partial charge on any atom is 0.407 e. The predicted octanol–water partition coefficient (Wildman–Crippen LogP) is 4.03. The number of amides is 1. The molecule has 2 aromatic rings. The second-order valence-electron chi connectivity index (χ2n) is 8.46. The summed E-state index contributed by atoms with van der Waals surface area (Å²) in [5, 5.41) is 2.92. The molecule has 1 amide bonds. The molecule has 1 saturated carbocycles. The van der Waals surface area contributed by atoms with Crippen LogP contribution in [-0.2, 0) is 15.9 Å². The van der Waals surface area contributed by atoms with E-state index in [1.807, 2.05) is 30.3 Å². The monoisotopic (exact) mass is 469 g/mol. The topological polar surface area (TPSA) is 92.3 Å². The van der Waals surface area contributed by atoms with Crippen LogP contribution in [0.15, 0.2) is 30.3 Å². The highest BCUT2D eigenvalue weighted by Crippen LogP contribution is 2.47. The molecule has 1 N–H and O–H groups in total. The third kappa shape index (κ3) is 5.12. The lowest BCUT2D eigenvalue weighted by Crippen LogP contribution is -2.41. The average molecular weight is 470 g/mol. The van der Waals surface area contributed by atoms with E-state index in [0.717, 1.165) is 35.1 Å². The molecule has 8 nitrogen and oxygen atoms in total. The Morgan fingerprint density at radius 1 is 0.971 bits per heavy atom. The number of hydrogen-bond acceptors (Lipinski definition) is 7. The van der Waals surface area contributed by atoms with Gasteiger partial charge in [-0.25, -0.2) is 4.79 Å². The Labute approximate surface area is 199 Å². The number of methoxy groups -OCH3 is 3. The Bertz CT molecular complexity index is 1050. The second-order valence-corrected chi connectivity index (χ2v) is 8.46. The normalized spacial score (nSPS) is 15.4. The van der Waals surface area contributed by atoms with Crippen molar-refractivity contribution in [3.8, 4) is 28.4 Å². The van der Waals surface area contributed by atoms with Crippen LogP contribution in [0.1, 0.15) is 35.2 Å². The van der Waals surface area contributed by atoms with Crippen LogP contribution in [0.5, 0.6) is 17.2 Å². The van der Waals surface area contributed by atoms with Crippen molar-refractivity contribution in [3.63, 3.8) is 0 Å². The molecule has 0 spiro atoms. The van der Waals surface area contributed by atoms with E-state index in [0.29, 0.717) is 42.6 Å². The first-order valence-electron chi connectivity index (χ1n) is 11.5. The number of Topliss-reactive ketones (excluding diaryl/α,β-unsaturated/α-hetero) is 1. The molecule has 2 aliphatic carbocycles. The summed E-state index contributed by atoms with van der Waals surface area (Å²) in [4.78, 5) is 24.5.